The second-order valence-electron chi connectivity index (χ2n) is 2.25. The van der Waals surface area contributed by atoms with Crippen LogP contribution in [0.25, 0.3) is 0 Å². The molecule has 2 nitrogen and oxygen atoms in total. The molecular formula is C7H16N2. The fourth-order valence-electron chi connectivity index (χ4n) is 0.587. The number of nitrogens with two attached hydrogens (primary N) is 1. The van der Waals surface area contributed by atoms with Gasteiger partial charge in [-0.05, 0) is 14.0 Å². The maximum atomic E-state index is 5.35. The summed E-state index contributed by atoms with van der Waals surface area (Å²) in [6.07, 6.45) is 1.91. The highest BCUT2D eigenvalue weighted by Crippen LogP contribution is 1.92. The van der Waals surface area contributed by atoms with E-state index in [9.17, 15) is 0 Å². The molecule has 9 heavy (non-hydrogen) atoms. The molecular weight excluding hydrogens is 112 g/mol. The summed E-state index contributed by atoms with van der Waals surface area (Å²) < 4.78 is 0. The molecule has 0 radical (unpaired) electrons. The van der Waals surface area contributed by atoms with Gasteiger partial charge in [0.15, 0.2) is 0 Å². The van der Waals surface area contributed by atoms with Gasteiger partial charge in [0, 0.05) is 19.1 Å². The summed E-state index contributed by atoms with van der Waals surface area (Å²) in [6.45, 7) is 7.44. The van der Waals surface area contributed by atoms with E-state index in [-0.39, 0.29) is 0 Å². The predicted octanol–water partition coefficient (Wildman–Crippen LogP) is 0.451. The van der Waals surface area contributed by atoms with Gasteiger partial charge in [-0.15, -0.1) is 6.58 Å². The largest absolute Gasteiger partial charge is 0.329 e. The number of nitrogens with zero attached hydrogens (tertiary/aromatic N) is 1. The monoisotopic (exact) mass is 128 g/mol. The van der Waals surface area contributed by atoms with Gasteiger partial charge in [0.25, 0.3) is 0 Å². The topological polar surface area (TPSA) is 29.3 Å². The number of hydrogen-bond acceptors (Lipinski definition) is 2. The Labute approximate surface area is 57.3 Å². The molecule has 0 fully saturated rings. The summed E-state index contributed by atoms with van der Waals surface area (Å²) in [6, 6.07) is 0.438. The zero-order valence-corrected chi connectivity index (χ0v) is 6.30. The summed E-state index contributed by atoms with van der Waals surface area (Å²) in [5, 5.41) is 0. The highest BCUT2D eigenvalue weighted by atomic mass is 15.1. The molecule has 0 aliphatic heterocycles. The van der Waals surface area contributed by atoms with E-state index in [1.54, 1.807) is 0 Å². The van der Waals surface area contributed by atoms with Crippen LogP contribution < -0.4 is 5.73 Å². The molecule has 0 saturated carbocycles. The van der Waals surface area contributed by atoms with Crippen LogP contribution in [0.5, 0.6) is 0 Å². The third-order valence-corrected chi connectivity index (χ3v) is 1.52. The molecule has 0 aromatic carbocycles. The van der Waals surface area contributed by atoms with E-state index >= 15 is 0 Å². The molecule has 2 heteroatoms. The molecule has 1 atom stereocenters. The minimum atomic E-state index is 0.438. The van der Waals surface area contributed by atoms with E-state index in [4.69, 9.17) is 5.73 Å². The van der Waals surface area contributed by atoms with Crippen molar-refractivity contribution >= 4 is 0 Å². The zero-order chi connectivity index (χ0) is 7.28. The van der Waals surface area contributed by atoms with Crippen molar-refractivity contribution in [2.24, 2.45) is 5.73 Å². The van der Waals surface area contributed by atoms with E-state index in [0.717, 1.165) is 6.54 Å². The summed E-state index contributed by atoms with van der Waals surface area (Å²) >= 11 is 0. The Morgan fingerprint density at radius 1 is 1.78 bits per heavy atom. The van der Waals surface area contributed by atoms with Crippen LogP contribution in [0, 0.1) is 0 Å². The van der Waals surface area contributed by atoms with Gasteiger partial charge in [-0.25, -0.2) is 0 Å². The summed E-state index contributed by atoms with van der Waals surface area (Å²) in [4.78, 5) is 2.16. The maximum Gasteiger partial charge on any atom is 0.0244 e. The van der Waals surface area contributed by atoms with Gasteiger partial charge in [-0.1, -0.05) is 6.08 Å². The van der Waals surface area contributed by atoms with Crippen molar-refractivity contribution in [1.82, 2.24) is 4.90 Å². The van der Waals surface area contributed by atoms with Crippen molar-refractivity contribution in [1.29, 1.82) is 0 Å². The lowest BCUT2D eigenvalue weighted by molar-refractivity contribution is 0.306. The summed E-state index contributed by atoms with van der Waals surface area (Å²) in [5.41, 5.74) is 5.35. The van der Waals surface area contributed by atoms with Crippen LogP contribution in [0.15, 0.2) is 12.7 Å². The van der Waals surface area contributed by atoms with Crippen molar-refractivity contribution in [2.75, 3.05) is 20.1 Å². The SMILES string of the molecule is C=CC(C)N(C)CCN. The second kappa shape index (κ2) is 4.53. The first-order chi connectivity index (χ1) is 4.22. The Hall–Kier alpha value is -0.340. The van der Waals surface area contributed by atoms with Gasteiger partial charge in [0.2, 0.25) is 0 Å². The maximum absolute atomic E-state index is 5.35. The predicted molar refractivity (Wildman–Crippen MR) is 41.3 cm³/mol. The smallest absolute Gasteiger partial charge is 0.0244 e. The molecule has 0 amide bonds. The van der Waals surface area contributed by atoms with Gasteiger partial charge < -0.3 is 5.73 Å². The Morgan fingerprint density at radius 2 is 2.33 bits per heavy atom. The number of rotatable bonds is 4. The Morgan fingerprint density at radius 3 is 2.67 bits per heavy atom. The fourth-order valence-corrected chi connectivity index (χ4v) is 0.587. The van der Waals surface area contributed by atoms with E-state index in [1.165, 1.54) is 0 Å². The van der Waals surface area contributed by atoms with Gasteiger partial charge in [-0.3, -0.25) is 4.90 Å². The van der Waals surface area contributed by atoms with Gasteiger partial charge in [0.1, 0.15) is 0 Å². The number of hydrogen-bond donors (Lipinski definition) is 1. The molecule has 0 aromatic heterocycles. The summed E-state index contributed by atoms with van der Waals surface area (Å²) in [5.74, 6) is 0. The first-order valence-corrected chi connectivity index (χ1v) is 3.25. The third kappa shape index (κ3) is 3.27. The van der Waals surface area contributed by atoms with E-state index in [2.05, 4.69) is 18.4 Å². The second-order valence-corrected chi connectivity index (χ2v) is 2.25. The lowest BCUT2D eigenvalue weighted by atomic mass is 10.3. The molecule has 0 rings (SSSR count). The van der Waals surface area contributed by atoms with E-state index in [0.29, 0.717) is 12.6 Å². The highest BCUT2D eigenvalue weighted by molar-refractivity contribution is 4.82. The minimum absolute atomic E-state index is 0.438. The number of likely N-dealkylation sites (N-methyl/N-ethyl adjacent to an activating group) is 1. The van der Waals surface area contributed by atoms with E-state index < -0.39 is 0 Å². The first kappa shape index (κ1) is 8.66. The average Bonchev–Trinajstić information content (AvgIpc) is 1.87. The van der Waals surface area contributed by atoms with Gasteiger partial charge >= 0.3 is 0 Å². The minimum Gasteiger partial charge on any atom is -0.329 e. The lowest BCUT2D eigenvalue weighted by Gasteiger charge is -2.20. The molecule has 0 bridgehead atoms. The van der Waals surface area contributed by atoms with Crippen LogP contribution in [-0.4, -0.2) is 31.1 Å². The molecule has 2 N–H and O–H groups in total. The molecule has 0 spiro atoms. The Balaban J connectivity index is 3.44. The van der Waals surface area contributed by atoms with Crippen molar-refractivity contribution in [3.05, 3.63) is 12.7 Å². The third-order valence-electron chi connectivity index (χ3n) is 1.52. The molecule has 54 valence electrons. The van der Waals surface area contributed by atoms with Crippen LogP contribution >= 0.6 is 0 Å². The Kier molecular flexibility index (Phi) is 4.36. The van der Waals surface area contributed by atoms with Crippen LogP contribution in [0.1, 0.15) is 6.92 Å². The van der Waals surface area contributed by atoms with Gasteiger partial charge in [0.05, 0.1) is 0 Å². The van der Waals surface area contributed by atoms with Crippen LogP contribution in [0.3, 0.4) is 0 Å². The van der Waals surface area contributed by atoms with Crippen molar-refractivity contribution < 1.29 is 0 Å². The quantitative estimate of drug-likeness (QED) is 0.557. The van der Waals surface area contributed by atoms with E-state index in [1.807, 2.05) is 13.1 Å². The van der Waals surface area contributed by atoms with Crippen molar-refractivity contribution in [3.8, 4) is 0 Å². The van der Waals surface area contributed by atoms with Crippen LogP contribution in [0.2, 0.25) is 0 Å². The van der Waals surface area contributed by atoms with Crippen molar-refractivity contribution in [2.45, 2.75) is 13.0 Å². The average molecular weight is 128 g/mol. The van der Waals surface area contributed by atoms with Gasteiger partial charge in [-0.2, -0.15) is 0 Å². The Bertz CT molecular complexity index is 81.0. The standard InChI is InChI=1S/C7H16N2/c1-4-7(2)9(3)6-5-8/h4,7H,1,5-6,8H2,2-3H3. The highest BCUT2D eigenvalue weighted by Gasteiger charge is 2.00. The fraction of sp³-hybridized carbons (Fsp3) is 0.714. The molecule has 0 saturated heterocycles. The van der Waals surface area contributed by atoms with Crippen LogP contribution in [-0.2, 0) is 0 Å². The zero-order valence-electron chi connectivity index (χ0n) is 6.30. The molecule has 0 aromatic rings. The molecule has 1 unspecified atom stereocenters. The molecule has 0 aliphatic rings. The first-order valence-electron chi connectivity index (χ1n) is 3.25. The molecule has 0 heterocycles. The molecule has 0 aliphatic carbocycles. The summed E-state index contributed by atoms with van der Waals surface area (Å²) in [7, 11) is 2.04. The van der Waals surface area contributed by atoms with Crippen molar-refractivity contribution in [3.63, 3.8) is 0 Å². The normalized spacial score (nSPS) is 13.8. The van der Waals surface area contributed by atoms with Crippen LogP contribution in [0.4, 0.5) is 0 Å². The lowest BCUT2D eigenvalue weighted by Crippen LogP contribution is -2.31.